The van der Waals surface area contributed by atoms with Crippen molar-refractivity contribution in [2.45, 2.75) is 38.7 Å². The Hall–Kier alpha value is -3.48. The summed E-state index contributed by atoms with van der Waals surface area (Å²) < 4.78 is 10.7. The van der Waals surface area contributed by atoms with Crippen LogP contribution in [0.5, 0.6) is 5.75 Å². The molecular formula is C23H21NO6. The highest BCUT2D eigenvalue weighted by Crippen LogP contribution is 2.30. The van der Waals surface area contributed by atoms with E-state index in [-0.39, 0.29) is 22.5 Å². The van der Waals surface area contributed by atoms with Gasteiger partial charge in [0.15, 0.2) is 11.9 Å². The van der Waals surface area contributed by atoms with Crippen molar-refractivity contribution in [1.82, 2.24) is 0 Å². The summed E-state index contributed by atoms with van der Waals surface area (Å²) in [6.07, 6.45) is 1.82. The number of nitrogens with zero attached hydrogens (tertiary/aromatic N) is 1. The van der Waals surface area contributed by atoms with Crippen molar-refractivity contribution in [3.8, 4) is 5.75 Å². The normalized spacial score (nSPS) is 18.4. The van der Waals surface area contributed by atoms with Gasteiger partial charge in [-0.05, 0) is 68.7 Å². The smallest absolute Gasteiger partial charge is 0.338 e. The van der Waals surface area contributed by atoms with Gasteiger partial charge in [0.1, 0.15) is 5.75 Å². The summed E-state index contributed by atoms with van der Waals surface area (Å²) in [7, 11) is 0. The maximum absolute atomic E-state index is 12.9. The number of imide groups is 1. The van der Waals surface area contributed by atoms with E-state index in [4.69, 9.17) is 9.47 Å². The number of benzene rings is 2. The number of amides is 2. The van der Waals surface area contributed by atoms with E-state index < -0.39 is 23.9 Å². The van der Waals surface area contributed by atoms with E-state index in [1.807, 2.05) is 6.92 Å². The number of ether oxygens (including phenoxy) is 2. The van der Waals surface area contributed by atoms with Gasteiger partial charge in [-0.1, -0.05) is 0 Å². The predicted octanol–water partition coefficient (Wildman–Crippen LogP) is 3.55. The predicted molar refractivity (Wildman–Crippen MR) is 108 cm³/mol. The molecule has 1 aliphatic heterocycles. The standard InChI is InChI=1S/C23H21NO6/c1-2-29-16-10-8-15(9-11-16)24-21(26)17-12-7-14(13-18(17)22(24)27)23(28)30-20-6-4-3-5-19(20)25/h7-13,20H,2-6H2,1H3. The number of carbonyl (C=O) groups excluding carboxylic acids is 4. The van der Waals surface area contributed by atoms with Crippen LogP contribution in [0, 0.1) is 0 Å². The van der Waals surface area contributed by atoms with E-state index >= 15 is 0 Å². The second-order valence-corrected chi connectivity index (χ2v) is 7.24. The lowest BCUT2D eigenvalue weighted by molar-refractivity contribution is -0.129. The molecule has 0 spiro atoms. The van der Waals surface area contributed by atoms with Crippen molar-refractivity contribution in [1.29, 1.82) is 0 Å². The number of Topliss-reactive ketones (excluding diaryl/α,β-unsaturated/α-hetero) is 1. The van der Waals surface area contributed by atoms with Crippen LogP contribution in [0.2, 0.25) is 0 Å². The Bertz CT molecular complexity index is 1030. The summed E-state index contributed by atoms with van der Waals surface area (Å²) in [6.45, 7) is 2.38. The summed E-state index contributed by atoms with van der Waals surface area (Å²) in [4.78, 5) is 51.2. The molecule has 7 nitrogen and oxygen atoms in total. The van der Waals surface area contributed by atoms with Crippen LogP contribution < -0.4 is 9.64 Å². The third kappa shape index (κ3) is 3.58. The topological polar surface area (TPSA) is 90.0 Å². The number of rotatable bonds is 5. The number of carbonyl (C=O) groups is 4. The fraction of sp³-hybridized carbons (Fsp3) is 0.304. The van der Waals surface area contributed by atoms with Crippen LogP contribution in [-0.2, 0) is 9.53 Å². The van der Waals surface area contributed by atoms with Crippen LogP contribution in [0.3, 0.4) is 0 Å². The van der Waals surface area contributed by atoms with Crippen molar-refractivity contribution in [3.63, 3.8) is 0 Å². The zero-order valence-electron chi connectivity index (χ0n) is 16.6. The molecule has 1 atom stereocenters. The number of fused-ring (bicyclic) bond motifs is 1. The lowest BCUT2D eigenvalue weighted by Crippen LogP contribution is -2.30. The third-order valence-corrected chi connectivity index (χ3v) is 5.28. The van der Waals surface area contributed by atoms with Crippen LogP contribution in [0.15, 0.2) is 42.5 Å². The van der Waals surface area contributed by atoms with Gasteiger partial charge in [-0.25, -0.2) is 9.69 Å². The van der Waals surface area contributed by atoms with Gasteiger partial charge in [-0.3, -0.25) is 14.4 Å². The molecule has 2 amide bonds. The fourth-order valence-electron chi connectivity index (χ4n) is 3.73. The summed E-state index contributed by atoms with van der Waals surface area (Å²) in [6, 6.07) is 10.9. The quantitative estimate of drug-likeness (QED) is 0.556. The van der Waals surface area contributed by atoms with Crippen LogP contribution in [0.25, 0.3) is 0 Å². The molecule has 30 heavy (non-hydrogen) atoms. The molecule has 1 unspecified atom stereocenters. The summed E-state index contributed by atoms with van der Waals surface area (Å²) >= 11 is 0. The minimum Gasteiger partial charge on any atom is -0.494 e. The first kappa shape index (κ1) is 19.8. The lowest BCUT2D eigenvalue weighted by atomic mass is 9.96. The third-order valence-electron chi connectivity index (χ3n) is 5.28. The first-order valence-corrected chi connectivity index (χ1v) is 9.99. The molecule has 0 radical (unpaired) electrons. The highest BCUT2D eigenvalue weighted by Gasteiger charge is 2.37. The average Bonchev–Trinajstić information content (AvgIpc) is 3.00. The van der Waals surface area contributed by atoms with Crippen molar-refractivity contribution < 1.29 is 28.7 Å². The van der Waals surface area contributed by atoms with E-state index in [0.717, 1.165) is 17.7 Å². The lowest BCUT2D eigenvalue weighted by Gasteiger charge is -2.20. The summed E-state index contributed by atoms with van der Waals surface area (Å²) in [5.74, 6) is -1.08. The van der Waals surface area contributed by atoms with Gasteiger partial charge in [0, 0.05) is 6.42 Å². The van der Waals surface area contributed by atoms with E-state index in [2.05, 4.69) is 0 Å². The first-order chi connectivity index (χ1) is 14.5. The van der Waals surface area contributed by atoms with Crippen molar-refractivity contribution in [2.75, 3.05) is 11.5 Å². The molecule has 154 valence electrons. The van der Waals surface area contributed by atoms with Crippen molar-refractivity contribution in [3.05, 3.63) is 59.2 Å². The van der Waals surface area contributed by atoms with E-state index in [0.29, 0.717) is 30.9 Å². The molecule has 1 saturated carbocycles. The Morgan fingerprint density at radius 2 is 1.73 bits per heavy atom. The monoisotopic (exact) mass is 407 g/mol. The molecule has 4 rings (SSSR count). The minimum absolute atomic E-state index is 0.0799. The second-order valence-electron chi connectivity index (χ2n) is 7.24. The molecule has 0 aromatic heterocycles. The van der Waals surface area contributed by atoms with E-state index in [1.165, 1.54) is 18.2 Å². The van der Waals surface area contributed by atoms with Crippen LogP contribution in [-0.4, -0.2) is 36.3 Å². The molecule has 1 heterocycles. The van der Waals surface area contributed by atoms with E-state index in [9.17, 15) is 19.2 Å². The summed E-state index contributed by atoms with van der Waals surface area (Å²) in [5.41, 5.74) is 0.917. The Kier molecular flexibility index (Phi) is 5.35. The summed E-state index contributed by atoms with van der Waals surface area (Å²) in [5, 5.41) is 0. The van der Waals surface area contributed by atoms with Gasteiger partial charge >= 0.3 is 5.97 Å². The van der Waals surface area contributed by atoms with Crippen LogP contribution in [0.4, 0.5) is 5.69 Å². The SMILES string of the molecule is CCOc1ccc(N2C(=O)c3ccc(C(=O)OC4CCCCC4=O)cc3C2=O)cc1. The number of anilines is 1. The average molecular weight is 407 g/mol. The van der Waals surface area contributed by atoms with Gasteiger partial charge in [0.25, 0.3) is 11.8 Å². The molecule has 0 N–H and O–H groups in total. The van der Waals surface area contributed by atoms with Gasteiger partial charge in [0.2, 0.25) is 0 Å². The van der Waals surface area contributed by atoms with Crippen molar-refractivity contribution in [2.24, 2.45) is 0 Å². The molecule has 0 bridgehead atoms. The van der Waals surface area contributed by atoms with Gasteiger partial charge in [-0.2, -0.15) is 0 Å². The molecule has 1 aliphatic carbocycles. The maximum Gasteiger partial charge on any atom is 0.338 e. The Labute approximate surface area is 173 Å². The molecule has 7 heteroatoms. The molecule has 2 aromatic carbocycles. The molecular weight excluding hydrogens is 386 g/mol. The number of hydrogen-bond donors (Lipinski definition) is 0. The zero-order chi connectivity index (χ0) is 21.3. The fourth-order valence-corrected chi connectivity index (χ4v) is 3.73. The first-order valence-electron chi connectivity index (χ1n) is 9.99. The van der Waals surface area contributed by atoms with Gasteiger partial charge < -0.3 is 9.47 Å². The largest absolute Gasteiger partial charge is 0.494 e. The molecule has 0 saturated heterocycles. The number of hydrogen-bond acceptors (Lipinski definition) is 6. The number of esters is 1. The second kappa shape index (κ2) is 8.10. The van der Waals surface area contributed by atoms with Crippen LogP contribution >= 0.6 is 0 Å². The Morgan fingerprint density at radius 3 is 2.43 bits per heavy atom. The highest BCUT2D eigenvalue weighted by molar-refractivity contribution is 6.34. The van der Waals surface area contributed by atoms with Gasteiger partial charge in [-0.15, -0.1) is 0 Å². The highest BCUT2D eigenvalue weighted by atomic mass is 16.5. The zero-order valence-corrected chi connectivity index (χ0v) is 16.6. The van der Waals surface area contributed by atoms with E-state index in [1.54, 1.807) is 24.3 Å². The molecule has 1 fully saturated rings. The Morgan fingerprint density at radius 1 is 1.00 bits per heavy atom. The van der Waals surface area contributed by atoms with Crippen molar-refractivity contribution >= 4 is 29.3 Å². The Balaban J connectivity index is 1.55. The van der Waals surface area contributed by atoms with Gasteiger partial charge in [0.05, 0.1) is 29.0 Å². The van der Waals surface area contributed by atoms with Crippen LogP contribution in [0.1, 0.15) is 63.7 Å². The number of ketones is 1. The molecule has 2 aliphatic rings. The molecule has 2 aromatic rings. The minimum atomic E-state index is -0.739. The maximum atomic E-state index is 12.9.